The summed E-state index contributed by atoms with van der Waals surface area (Å²) in [6.45, 7) is 13.4. The molecule has 4 saturated heterocycles. The molecule has 4 aliphatic heterocycles. The number of alkyl halides is 6. The lowest BCUT2D eigenvalue weighted by Crippen LogP contribution is -2.65. The van der Waals surface area contributed by atoms with E-state index in [1.807, 2.05) is 13.8 Å². The number of carbonyl (C=O) groups excluding carboxylic acids is 12. The van der Waals surface area contributed by atoms with Crippen LogP contribution in [0.15, 0.2) is 42.5 Å². The zero-order valence-electron chi connectivity index (χ0n) is 63.0. The van der Waals surface area contributed by atoms with Crippen molar-refractivity contribution in [1.82, 2.24) is 60.0 Å². The molecule has 7 rings (SSSR count). The van der Waals surface area contributed by atoms with Gasteiger partial charge >= 0.3 is 12.4 Å². The van der Waals surface area contributed by atoms with Crippen molar-refractivity contribution in [3.8, 4) is 0 Å². The minimum absolute atomic E-state index is 0.00374. The number of hydrogen-bond donors (Lipinski definition) is 3. The van der Waals surface area contributed by atoms with Crippen molar-refractivity contribution in [3.05, 3.63) is 69.7 Å². The second-order valence-corrected chi connectivity index (χ2v) is 29.9. The SMILES string of the molecule is CC[C@H](C)[C@@H]1NC(=O)[C@H](CC(C)C)N(CC)C(=O)C[C@@H](C(=O)N2CCOCC2)N(C)C(=O)[C@H]([C@@H](C)CC)N(C)C(=O)C2(CCCC2)NC(=O)[C@@H]2CCCN2C(=O)[C@H](CCc2ccc(C(F)(F)F)c(Cl)c2)NC(=O)CN(C)C(=O)[C@H](Cc2ccc(C(F)(F)F)cc2)N(C)C(=O)[C@@H]2CCN2C(=O)[C@H](C)N(C)C1=O. The van der Waals surface area contributed by atoms with Gasteiger partial charge < -0.3 is 64.8 Å². The fraction of sp³-hybridized carbons (Fsp3) is 0.676. The normalized spacial score (nSPS) is 26.3. The molecule has 1 spiro atoms. The van der Waals surface area contributed by atoms with Crippen LogP contribution in [0.5, 0.6) is 0 Å². The molecule has 25 nitrogen and oxygen atoms in total. The molecular weight excluding hydrogens is 1410 g/mol. The quantitative estimate of drug-likeness (QED) is 0.196. The van der Waals surface area contributed by atoms with Gasteiger partial charge in [-0.05, 0) is 118 Å². The van der Waals surface area contributed by atoms with Crippen LogP contribution in [0.3, 0.4) is 0 Å². The number of nitrogens with zero attached hydrogens (tertiary/aromatic N) is 9. The van der Waals surface area contributed by atoms with Crippen LogP contribution in [0.1, 0.15) is 155 Å². The number of ether oxygens (including phenoxy) is 1. The van der Waals surface area contributed by atoms with Crippen molar-refractivity contribution in [3.63, 3.8) is 0 Å². The van der Waals surface area contributed by atoms with Gasteiger partial charge in [-0.3, -0.25) is 57.5 Å². The first-order valence-corrected chi connectivity index (χ1v) is 37.1. The van der Waals surface area contributed by atoms with E-state index >= 15 is 33.6 Å². The minimum Gasteiger partial charge on any atom is -0.378 e. The third kappa shape index (κ3) is 19.8. The maximum atomic E-state index is 15.6. The standard InChI is InChI=1S/C74H105ClF6N12O13/c1-14-44(6)60-69(103)86(10)46(8)64(98)93-33-29-54(93)67(101)87(11)56(40-48-21-25-49(26-22-48)73(76,77)78)66(100)85(9)42-58(94)82-52(28-24-47-23-27-50(51(75)39-47)74(79,80)81)65(99)92-32-19-20-53(92)63(97)84-72(30-17-18-31-72)71(105)89(13)61(45(7)15-2)70(104)88(12)57(68(102)90-34-36-106-37-35-90)41-59(95)91(16-3)55(38-43(4)5)62(96)83-60/h21-23,25-27,39,43-46,52-57,60-61H,14-20,24,28-38,40-42H2,1-13H3,(H,82,94)(H,83,96)(H,84,97)/t44-,45-,46-,52-,53-,54-,55-,56-,57-,60-,61-/m0/s1. The number of morpholine rings is 1. The van der Waals surface area contributed by atoms with Crippen molar-refractivity contribution in [2.45, 2.75) is 218 Å². The maximum absolute atomic E-state index is 15.6. The average Bonchev–Trinajstić information content (AvgIpc) is 1.42. The second-order valence-electron chi connectivity index (χ2n) is 29.5. The van der Waals surface area contributed by atoms with Crippen molar-refractivity contribution >= 4 is 82.5 Å². The Hall–Kier alpha value is -8.09. The summed E-state index contributed by atoms with van der Waals surface area (Å²) in [7, 11) is 6.59. The molecule has 106 heavy (non-hydrogen) atoms. The highest BCUT2D eigenvalue weighted by Crippen LogP contribution is 2.38. The van der Waals surface area contributed by atoms with Crippen LogP contribution in [-0.4, -0.2) is 263 Å². The van der Waals surface area contributed by atoms with Crippen molar-refractivity contribution < 1.29 is 88.6 Å². The van der Waals surface area contributed by atoms with E-state index in [1.165, 1.54) is 66.7 Å². The van der Waals surface area contributed by atoms with Crippen molar-refractivity contribution in [2.24, 2.45) is 17.8 Å². The first-order chi connectivity index (χ1) is 49.7. The molecule has 588 valence electrons. The lowest BCUT2D eigenvalue weighted by molar-refractivity contribution is -0.160. The molecule has 32 heteroatoms. The molecule has 12 amide bonds. The Morgan fingerprint density at radius 3 is 1.81 bits per heavy atom. The van der Waals surface area contributed by atoms with Gasteiger partial charge in [0.05, 0.1) is 42.3 Å². The third-order valence-corrected chi connectivity index (χ3v) is 22.3. The first kappa shape index (κ1) is 85.2. The molecule has 0 bridgehead atoms. The number of rotatable bonds is 13. The number of amides is 12. The largest absolute Gasteiger partial charge is 0.417 e. The summed E-state index contributed by atoms with van der Waals surface area (Å²) in [6, 6.07) is -5.56. The summed E-state index contributed by atoms with van der Waals surface area (Å²) < 4.78 is 88.9. The maximum Gasteiger partial charge on any atom is 0.417 e. The van der Waals surface area contributed by atoms with Gasteiger partial charge in [0.15, 0.2) is 0 Å². The molecule has 0 aromatic heterocycles. The Kier molecular flexibility index (Phi) is 29.1. The Morgan fingerprint density at radius 2 is 1.25 bits per heavy atom. The predicted molar refractivity (Wildman–Crippen MR) is 379 cm³/mol. The molecule has 4 heterocycles. The molecule has 3 N–H and O–H groups in total. The topological polar surface area (TPSA) is 279 Å². The summed E-state index contributed by atoms with van der Waals surface area (Å²) in [5.74, 6) is -10.5. The average molecular weight is 1520 g/mol. The van der Waals surface area contributed by atoms with Crippen LogP contribution in [0.2, 0.25) is 5.02 Å². The summed E-state index contributed by atoms with van der Waals surface area (Å²) in [5.41, 5.74) is -3.43. The summed E-state index contributed by atoms with van der Waals surface area (Å²) in [4.78, 5) is 192. The lowest BCUT2D eigenvalue weighted by Gasteiger charge is -2.45. The Bertz CT molecular complexity index is 3540. The summed E-state index contributed by atoms with van der Waals surface area (Å²) in [6.07, 6.45) is -8.93. The Balaban J connectivity index is 1.32. The number of aryl methyl sites for hydroxylation is 1. The van der Waals surface area contributed by atoms with Crippen LogP contribution < -0.4 is 16.0 Å². The van der Waals surface area contributed by atoms with E-state index in [0.717, 1.165) is 62.1 Å². The van der Waals surface area contributed by atoms with Gasteiger partial charge in [-0.2, -0.15) is 26.3 Å². The van der Waals surface area contributed by atoms with Crippen LogP contribution in [-0.2, 0) is 87.5 Å². The number of likely N-dealkylation sites (N-methyl/N-ethyl adjacent to an activating group) is 6. The molecule has 5 aliphatic rings. The zero-order chi connectivity index (χ0) is 78.8. The van der Waals surface area contributed by atoms with E-state index < -0.39 is 191 Å². The number of carbonyl (C=O) groups is 12. The van der Waals surface area contributed by atoms with Gasteiger partial charge in [0, 0.05) is 74.4 Å². The number of nitrogens with one attached hydrogen (secondary N) is 3. The van der Waals surface area contributed by atoms with Gasteiger partial charge in [-0.15, -0.1) is 0 Å². The summed E-state index contributed by atoms with van der Waals surface area (Å²) >= 11 is 6.14. The first-order valence-electron chi connectivity index (χ1n) is 36.8. The smallest absolute Gasteiger partial charge is 0.378 e. The van der Waals surface area contributed by atoms with E-state index in [0.29, 0.717) is 25.7 Å². The van der Waals surface area contributed by atoms with E-state index in [4.69, 9.17) is 16.3 Å². The van der Waals surface area contributed by atoms with Crippen LogP contribution in [0.4, 0.5) is 26.3 Å². The number of halogens is 7. The van der Waals surface area contributed by atoms with Gasteiger partial charge in [0.25, 0.3) is 0 Å². The van der Waals surface area contributed by atoms with E-state index in [-0.39, 0.29) is 114 Å². The molecule has 0 radical (unpaired) electrons. The molecule has 0 unspecified atom stereocenters. The van der Waals surface area contributed by atoms with Crippen LogP contribution in [0.25, 0.3) is 0 Å². The van der Waals surface area contributed by atoms with E-state index in [1.54, 1.807) is 34.6 Å². The minimum atomic E-state index is -4.82. The van der Waals surface area contributed by atoms with Gasteiger partial charge in [0.1, 0.15) is 59.9 Å². The van der Waals surface area contributed by atoms with Crippen LogP contribution in [0, 0.1) is 17.8 Å². The number of benzene rings is 2. The molecule has 1 aliphatic carbocycles. The van der Waals surface area contributed by atoms with Crippen LogP contribution >= 0.6 is 11.6 Å². The van der Waals surface area contributed by atoms with Crippen molar-refractivity contribution in [1.29, 1.82) is 0 Å². The monoisotopic (exact) mass is 1520 g/mol. The molecule has 5 fully saturated rings. The fourth-order valence-corrected chi connectivity index (χ4v) is 15.2. The van der Waals surface area contributed by atoms with Gasteiger partial charge in [0.2, 0.25) is 70.9 Å². The highest BCUT2D eigenvalue weighted by atomic mass is 35.5. The molecular formula is C74H105ClF6N12O13. The van der Waals surface area contributed by atoms with Gasteiger partial charge in [-0.25, -0.2) is 0 Å². The Morgan fingerprint density at radius 1 is 0.642 bits per heavy atom. The molecule has 2 aromatic carbocycles. The fourth-order valence-electron chi connectivity index (χ4n) is 14.9. The molecule has 1 saturated carbocycles. The van der Waals surface area contributed by atoms with E-state index in [9.17, 15) is 50.3 Å². The third-order valence-electron chi connectivity index (χ3n) is 22.0. The number of fused-ring (bicyclic) bond motifs is 2. The van der Waals surface area contributed by atoms with Gasteiger partial charge in [-0.1, -0.05) is 97.0 Å². The summed E-state index contributed by atoms with van der Waals surface area (Å²) in [5, 5.41) is 7.91. The highest BCUT2D eigenvalue weighted by Gasteiger charge is 2.52. The molecule has 11 atom stereocenters. The second kappa shape index (κ2) is 36.2. The number of hydrogen-bond acceptors (Lipinski definition) is 13. The Labute approximate surface area is 621 Å². The highest BCUT2D eigenvalue weighted by molar-refractivity contribution is 6.31. The lowest BCUT2D eigenvalue weighted by atomic mass is 9.90. The van der Waals surface area contributed by atoms with Crippen molar-refractivity contribution in [2.75, 3.05) is 87.7 Å². The predicted octanol–water partition coefficient (Wildman–Crippen LogP) is 5.95. The molecule has 2 aromatic rings. The zero-order valence-corrected chi connectivity index (χ0v) is 63.8. The van der Waals surface area contributed by atoms with E-state index in [2.05, 4.69) is 16.0 Å².